The van der Waals surface area contributed by atoms with Gasteiger partial charge < -0.3 is 5.11 Å². The van der Waals surface area contributed by atoms with Crippen molar-refractivity contribution < 1.29 is 5.11 Å². The average Bonchev–Trinajstić information content (AvgIpc) is 2.81. The van der Waals surface area contributed by atoms with E-state index in [2.05, 4.69) is 20.5 Å². The van der Waals surface area contributed by atoms with E-state index >= 15 is 0 Å². The smallest absolute Gasteiger partial charge is 0.157 e. The molecule has 1 N–H and O–H groups in total. The molecular weight excluding hydrogens is 206 g/mol. The highest BCUT2D eigenvalue weighted by Gasteiger charge is 2.10. The third kappa shape index (κ3) is 1.92. The summed E-state index contributed by atoms with van der Waals surface area (Å²) in [5.74, 6) is 0.648. The Bertz CT molecular complexity index is 468. The molecule has 0 spiro atoms. The lowest BCUT2D eigenvalue weighted by Gasteiger charge is -2.11. The zero-order chi connectivity index (χ0) is 11.5. The van der Waals surface area contributed by atoms with Crippen molar-refractivity contribution in [1.82, 2.24) is 25.2 Å². The van der Waals surface area contributed by atoms with E-state index in [-0.39, 0.29) is 0 Å². The molecule has 0 aliphatic rings. The highest BCUT2D eigenvalue weighted by Crippen LogP contribution is 2.19. The SMILES string of the molecule is CCC(O)c1ccc(-n2cnnn2)nc1C. The second-order valence-electron chi connectivity index (χ2n) is 3.52. The molecule has 2 rings (SSSR count). The molecule has 2 aromatic rings. The summed E-state index contributed by atoms with van der Waals surface area (Å²) in [5.41, 5.74) is 1.64. The molecule has 0 saturated carbocycles. The molecule has 0 aliphatic carbocycles. The molecule has 0 bridgehead atoms. The molecule has 6 nitrogen and oxygen atoms in total. The Labute approximate surface area is 92.9 Å². The van der Waals surface area contributed by atoms with E-state index in [9.17, 15) is 5.11 Å². The Kier molecular flexibility index (Phi) is 2.91. The second-order valence-corrected chi connectivity index (χ2v) is 3.52. The van der Waals surface area contributed by atoms with Crippen LogP contribution >= 0.6 is 0 Å². The number of nitrogens with zero attached hydrogens (tertiary/aromatic N) is 5. The Morgan fingerprint density at radius 1 is 1.44 bits per heavy atom. The Hall–Kier alpha value is -1.82. The molecule has 0 saturated heterocycles. The first kappa shape index (κ1) is 10.7. The molecule has 2 heterocycles. The van der Waals surface area contributed by atoms with Crippen LogP contribution in [0.4, 0.5) is 0 Å². The lowest BCUT2D eigenvalue weighted by atomic mass is 10.1. The van der Waals surface area contributed by atoms with Crippen molar-refractivity contribution in [1.29, 1.82) is 0 Å². The van der Waals surface area contributed by atoms with E-state index in [1.807, 2.05) is 19.9 Å². The van der Waals surface area contributed by atoms with E-state index in [1.54, 1.807) is 6.07 Å². The van der Waals surface area contributed by atoms with Gasteiger partial charge >= 0.3 is 0 Å². The highest BCUT2D eigenvalue weighted by molar-refractivity contribution is 5.30. The van der Waals surface area contributed by atoms with E-state index in [1.165, 1.54) is 11.0 Å². The standard InChI is InChI=1S/C10H13N5O/c1-3-9(16)8-4-5-10(12-7(8)2)15-6-11-13-14-15/h4-6,9,16H,3H2,1-2H3. The summed E-state index contributed by atoms with van der Waals surface area (Å²) in [6.45, 7) is 3.79. The number of aryl methyl sites for hydroxylation is 1. The summed E-state index contributed by atoms with van der Waals surface area (Å²) in [5, 5.41) is 20.6. The first-order valence-corrected chi connectivity index (χ1v) is 5.11. The molecule has 0 aromatic carbocycles. The number of aromatic nitrogens is 5. The number of aliphatic hydroxyl groups is 1. The quantitative estimate of drug-likeness (QED) is 0.826. The third-order valence-electron chi connectivity index (χ3n) is 2.44. The topological polar surface area (TPSA) is 76.7 Å². The molecule has 0 fully saturated rings. The number of hydrogen-bond acceptors (Lipinski definition) is 5. The molecule has 84 valence electrons. The molecular formula is C10H13N5O. The lowest BCUT2D eigenvalue weighted by Crippen LogP contribution is -2.05. The van der Waals surface area contributed by atoms with Crippen LogP contribution in [0.2, 0.25) is 0 Å². The zero-order valence-corrected chi connectivity index (χ0v) is 9.20. The fourth-order valence-corrected chi connectivity index (χ4v) is 1.52. The summed E-state index contributed by atoms with van der Waals surface area (Å²) < 4.78 is 1.48. The van der Waals surface area contributed by atoms with E-state index in [4.69, 9.17) is 0 Å². The number of aliphatic hydroxyl groups excluding tert-OH is 1. The molecule has 1 atom stereocenters. The van der Waals surface area contributed by atoms with Crippen molar-refractivity contribution >= 4 is 0 Å². The first-order chi connectivity index (χ1) is 7.72. The van der Waals surface area contributed by atoms with Gasteiger partial charge in [0.2, 0.25) is 0 Å². The van der Waals surface area contributed by atoms with Crippen molar-refractivity contribution in [3.63, 3.8) is 0 Å². The van der Waals surface area contributed by atoms with Gasteiger partial charge in [0.05, 0.1) is 6.10 Å². The fraction of sp³-hybridized carbons (Fsp3) is 0.400. The van der Waals surface area contributed by atoms with Gasteiger partial charge in [-0.3, -0.25) is 0 Å². The van der Waals surface area contributed by atoms with Gasteiger partial charge in [0, 0.05) is 11.3 Å². The lowest BCUT2D eigenvalue weighted by molar-refractivity contribution is 0.172. The predicted octanol–water partition coefficient (Wildman–Crippen LogP) is 0.809. The maximum atomic E-state index is 9.74. The van der Waals surface area contributed by atoms with Crippen LogP contribution < -0.4 is 0 Å². The maximum Gasteiger partial charge on any atom is 0.157 e. The normalized spacial score (nSPS) is 12.7. The van der Waals surface area contributed by atoms with Crippen LogP contribution in [0, 0.1) is 6.92 Å². The Morgan fingerprint density at radius 2 is 2.25 bits per heavy atom. The van der Waals surface area contributed by atoms with Crippen LogP contribution in [0.5, 0.6) is 0 Å². The maximum absolute atomic E-state index is 9.74. The van der Waals surface area contributed by atoms with Gasteiger partial charge in [0.15, 0.2) is 5.82 Å². The summed E-state index contributed by atoms with van der Waals surface area (Å²) in [6, 6.07) is 3.64. The van der Waals surface area contributed by atoms with E-state index < -0.39 is 6.10 Å². The summed E-state index contributed by atoms with van der Waals surface area (Å²) in [7, 11) is 0. The minimum Gasteiger partial charge on any atom is -0.388 e. The molecule has 6 heteroatoms. The minimum atomic E-state index is -0.463. The number of rotatable bonds is 3. The van der Waals surface area contributed by atoms with Crippen molar-refractivity contribution in [3.8, 4) is 5.82 Å². The summed E-state index contributed by atoms with van der Waals surface area (Å²) in [6.07, 6.45) is 1.69. The molecule has 0 radical (unpaired) electrons. The van der Waals surface area contributed by atoms with Crippen LogP contribution in [0.15, 0.2) is 18.5 Å². The monoisotopic (exact) mass is 219 g/mol. The fourth-order valence-electron chi connectivity index (χ4n) is 1.52. The Morgan fingerprint density at radius 3 is 2.81 bits per heavy atom. The van der Waals surface area contributed by atoms with Gasteiger partial charge in [-0.1, -0.05) is 13.0 Å². The highest BCUT2D eigenvalue weighted by atomic mass is 16.3. The number of tetrazole rings is 1. The van der Waals surface area contributed by atoms with Crippen molar-refractivity contribution in [2.75, 3.05) is 0 Å². The minimum absolute atomic E-state index is 0.463. The van der Waals surface area contributed by atoms with Gasteiger partial charge in [-0.05, 0) is 29.8 Å². The molecule has 16 heavy (non-hydrogen) atoms. The second kappa shape index (κ2) is 4.36. The summed E-state index contributed by atoms with van der Waals surface area (Å²) in [4.78, 5) is 4.35. The van der Waals surface area contributed by atoms with Crippen molar-refractivity contribution in [3.05, 3.63) is 29.7 Å². The van der Waals surface area contributed by atoms with Gasteiger partial charge in [-0.15, -0.1) is 5.10 Å². The molecule has 1 unspecified atom stereocenters. The van der Waals surface area contributed by atoms with E-state index in [0.717, 1.165) is 11.3 Å². The number of hydrogen-bond donors (Lipinski definition) is 1. The number of pyridine rings is 1. The van der Waals surface area contributed by atoms with Crippen LogP contribution in [0.25, 0.3) is 5.82 Å². The van der Waals surface area contributed by atoms with Crippen LogP contribution in [-0.4, -0.2) is 30.3 Å². The third-order valence-corrected chi connectivity index (χ3v) is 2.44. The molecule has 0 amide bonds. The zero-order valence-electron chi connectivity index (χ0n) is 9.20. The van der Waals surface area contributed by atoms with Gasteiger partial charge in [0.25, 0.3) is 0 Å². The summed E-state index contributed by atoms with van der Waals surface area (Å²) >= 11 is 0. The van der Waals surface area contributed by atoms with Gasteiger partial charge in [-0.25, -0.2) is 4.98 Å². The first-order valence-electron chi connectivity index (χ1n) is 5.11. The largest absolute Gasteiger partial charge is 0.388 e. The Balaban J connectivity index is 2.37. The van der Waals surface area contributed by atoms with Crippen LogP contribution in [0.1, 0.15) is 30.7 Å². The van der Waals surface area contributed by atoms with E-state index in [0.29, 0.717) is 12.2 Å². The van der Waals surface area contributed by atoms with Gasteiger partial charge in [-0.2, -0.15) is 4.68 Å². The van der Waals surface area contributed by atoms with Gasteiger partial charge in [0.1, 0.15) is 6.33 Å². The van der Waals surface area contributed by atoms with Crippen molar-refractivity contribution in [2.45, 2.75) is 26.4 Å². The van der Waals surface area contributed by atoms with Crippen LogP contribution in [0.3, 0.4) is 0 Å². The predicted molar refractivity (Wildman–Crippen MR) is 56.9 cm³/mol. The van der Waals surface area contributed by atoms with Crippen molar-refractivity contribution in [2.24, 2.45) is 0 Å². The van der Waals surface area contributed by atoms with Crippen LogP contribution in [-0.2, 0) is 0 Å². The molecule has 0 aliphatic heterocycles. The average molecular weight is 219 g/mol. The molecule has 2 aromatic heterocycles.